The molecule has 0 atom stereocenters. The van der Waals surface area contributed by atoms with Crippen molar-refractivity contribution in [1.82, 2.24) is 5.32 Å². The molecule has 4 nitrogen and oxygen atoms in total. The van der Waals surface area contributed by atoms with Crippen LogP contribution in [0.1, 0.15) is 0 Å². The van der Waals surface area contributed by atoms with E-state index in [2.05, 4.69) is 10.6 Å². The normalized spacial score (nSPS) is 9.79. The van der Waals surface area contributed by atoms with E-state index in [0.717, 1.165) is 0 Å². The molecular weight excluding hydrogens is 247 g/mol. The minimum absolute atomic E-state index is 0.0970. The Kier molecular flexibility index (Phi) is 3.97. The molecule has 0 radical (unpaired) electrons. The van der Waals surface area contributed by atoms with Gasteiger partial charge < -0.3 is 15.4 Å². The fourth-order valence-electron chi connectivity index (χ4n) is 1.47. The third-order valence-corrected chi connectivity index (χ3v) is 2.39. The van der Waals surface area contributed by atoms with E-state index in [1.54, 1.807) is 18.2 Å². The van der Waals surface area contributed by atoms with Gasteiger partial charge >= 0.3 is 6.03 Å². The SMILES string of the molecule is CNC(=O)Nc1ccc(Oc2ccccc2)cc1F. The molecule has 5 heteroatoms. The molecule has 0 aromatic heterocycles. The van der Waals surface area contributed by atoms with Crippen LogP contribution in [0.15, 0.2) is 48.5 Å². The zero-order chi connectivity index (χ0) is 13.7. The van der Waals surface area contributed by atoms with Crippen LogP contribution >= 0.6 is 0 Å². The maximum Gasteiger partial charge on any atom is 0.319 e. The molecule has 0 fully saturated rings. The summed E-state index contributed by atoms with van der Waals surface area (Å²) in [7, 11) is 1.46. The second-order valence-electron chi connectivity index (χ2n) is 3.76. The number of benzene rings is 2. The maximum atomic E-state index is 13.7. The Labute approximate surface area is 110 Å². The molecule has 2 amide bonds. The second-order valence-corrected chi connectivity index (χ2v) is 3.76. The van der Waals surface area contributed by atoms with Crippen LogP contribution in [0.2, 0.25) is 0 Å². The topological polar surface area (TPSA) is 50.4 Å². The smallest absolute Gasteiger partial charge is 0.319 e. The van der Waals surface area contributed by atoms with Crippen molar-refractivity contribution in [2.45, 2.75) is 0 Å². The first-order chi connectivity index (χ1) is 9.19. The van der Waals surface area contributed by atoms with Crippen molar-refractivity contribution < 1.29 is 13.9 Å². The van der Waals surface area contributed by atoms with Crippen molar-refractivity contribution in [1.29, 1.82) is 0 Å². The van der Waals surface area contributed by atoms with Crippen molar-refractivity contribution >= 4 is 11.7 Å². The van der Waals surface area contributed by atoms with Gasteiger partial charge in [0.05, 0.1) is 5.69 Å². The van der Waals surface area contributed by atoms with Gasteiger partial charge in [-0.2, -0.15) is 0 Å². The summed E-state index contributed by atoms with van der Waals surface area (Å²) in [5.41, 5.74) is 0.0970. The summed E-state index contributed by atoms with van der Waals surface area (Å²) < 4.78 is 19.2. The molecule has 0 spiro atoms. The number of urea groups is 1. The van der Waals surface area contributed by atoms with E-state index < -0.39 is 11.8 Å². The number of rotatable bonds is 3. The molecule has 0 heterocycles. The molecular formula is C14H13FN2O2. The third-order valence-electron chi connectivity index (χ3n) is 2.39. The molecule has 0 aliphatic heterocycles. The summed E-state index contributed by atoms with van der Waals surface area (Å²) >= 11 is 0. The number of para-hydroxylation sites is 1. The third kappa shape index (κ3) is 3.45. The van der Waals surface area contributed by atoms with Crippen molar-refractivity contribution in [2.75, 3.05) is 12.4 Å². The highest BCUT2D eigenvalue weighted by Crippen LogP contribution is 2.25. The number of halogens is 1. The highest BCUT2D eigenvalue weighted by atomic mass is 19.1. The average Bonchev–Trinajstić information content (AvgIpc) is 2.43. The molecule has 2 rings (SSSR count). The van der Waals surface area contributed by atoms with Crippen molar-refractivity contribution in [3.8, 4) is 11.5 Å². The van der Waals surface area contributed by atoms with Crippen LogP contribution in [-0.4, -0.2) is 13.1 Å². The Balaban J connectivity index is 2.13. The van der Waals surface area contributed by atoms with E-state index in [1.807, 2.05) is 18.2 Å². The van der Waals surface area contributed by atoms with Crippen LogP contribution in [0.25, 0.3) is 0 Å². The van der Waals surface area contributed by atoms with Crippen LogP contribution < -0.4 is 15.4 Å². The maximum absolute atomic E-state index is 13.7. The Morgan fingerprint density at radius 1 is 1.11 bits per heavy atom. The van der Waals surface area contributed by atoms with Crippen molar-refractivity contribution in [2.24, 2.45) is 0 Å². The first-order valence-corrected chi connectivity index (χ1v) is 5.70. The van der Waals surface area contributed by atoms with Gasteiger partial charge in [0.15, 0.2) is 0 Å². The summed E-state index contributed by atoms with van der Waals surface area (Å²) in [6.45, 7) is 0. The number of carbonyl (C=O) groups excluding carboxylic acids is 1. The van der Waals surface area contributed by atoms with Gasteiger partial charge in [-0.15, -0.1) is 0 Å². The summed E-state index contributed by atoms with van der Waals surface area (Å²) in [6.07, 6.45) is 0. The molecule has 0 aliphatic rings. The number of hydrogen-bond acceptors (Lipinski definition) is 2. The predicted octanol–water partition coefficient (Wildman–Crippen LogP) is 3.37. The minimum atomic E-state index is -0.558. The lowest BCUT2D eigenvalue weighted by Gasteiger charge is -2.09. The summed E-state index contributed by atoms with van der Waals surface area (Å²) in [5, 5.41) is 4.72. The van der Waals surface area contributed by atoms with Crippen LogP contribution in [-0.2, 0) is 0 Å². The van der Waals surface area contributed by atoms with E-state index >= 15 is 0 Å². The van der Waals surface area contributed by atoms with Crippen LogP contribution in [0.5, 0.6) is 11.5 Å². The molecule has 0 aliphatic carbocycles. The van der Waals surface area contributed by atoms with Crippen LogP contribution in [0.4, 0.5) is 14.9 Å². The Morgan fingerprint density at radius 2 is 1.84 bits per heavy atom. The zero-order valence-electron chi connectivity index (χ0n) is 10.3. The second kappa shape index (κ2) is 5.86. The van der Waals surface area contributed by atoms with Crippen LogP contribution in [0.3, 0.4) is 0 Å². The van der Waals surface area contributed by atoms with Gasteiger partial charge in [-0.3, -0.25) is 0 Å². The summed E-state index contributed by atoms with van der Waals surface area (Å²) in [6, 6.07) is 12.8. The van der Waals surface area contributed by atoms with Crippen molar-refractivity contribution in [3.63, 3.8) is 0 Å². The monoisotopic (exact) mass is 260 g/mol. The molecule has 0 saturated carbocycles. The van der Waals surface area contributed by atoms with Crippen LogP contribution in [0, 0.1) is 5.82 Å². The van der Waals surface area contributed by atoms with Gasteiger partial charge in [0.1, 0.15) is 17.3 Å². The lowest BCUT2D eigenvalue weighted by atomic mass is 10.3. The highest BCUT2D eigenvalue weighted by Gasteiger charge is 2.07. The number of carbonyl (C=O) groups is 1. The Hall–Kier alpha value is -2.56. The van der Waals surface area contributed by atoms with E-state index in [1.165, 1.54) is 19.2 Å². The number of anilines is 1. The minimum Gasteiger partial charge on any atom is -0.457 e. The predicted molar refractivity (Wildman–Crippen MR) is 71.0 cm³/mol. The standard InChI is InChI=1S/C14H13FN2O2/c1-16-14(18)17-13-8-7-11(9-12(13)15)19-10-5-3-2-4-6-10/h2-9H,1H3,(H2,16,17,18). The molecule has 2 aromatic rings. The Bertz CT molecular complexity index is 573. The average molecular weight is 260 g/mol. The molecule has 0 saturated heterocycles. The van der Waals surface area contributed by atoms with Gasteiger partial charge in [-0.25, -0.2) is 9.18 Å². The van der Waals surface area contributed by atoms with Gasteiger partial charge in [0.25, 0.3) is 0 Å². The number of hydrogen-bond donors (Lipinski definition) is 2. The quantitative estimate of drug-likeness (QED) is 0.889. The number of ether oxygens (including phenoxy) is 1. The van der Waals surface area contributed by atoms with Crippen molar-refractivity contribution in [3.05, 3.63) is 54.3 Å². The lowest BCUT2D eigenvalue weighted by molar-refractivity contribution is 0.254. The fraction of sp³-hybridized carbons (Fsp3) is 0.0714. The lowest BCUT2D eigenvalue weighted by Crippen LogP contribution is -2.24. The number of nitrogens with one attached hydrogen (secondary N) is 2. The highest BCUT2D eigenvalue weighted by molar-refractivity contribution is 5.89. The van der Waals surface area contributed by atoms with E-state index in [9.17, 15) is 9.18 Å². The summed E-state index contributed by atoms with van der Waals surface area (Å²) in [5.74, 6) is 0.428. The Morgan fingerprint density at radius 3 is 2.47 bits per heavy atom. The molecule has 0 bridgehead atoms. The molecule has 2 N–H and O–H groups in total. The fourth-order valence-corrected chi connectivity index (χ4v) is 1.47. The van der Waals surface area contributed by atoms with E-state index in [4.69, 9.17) is 4.74 Å². The molecule has 19 heavy (non-hydrogen) atoms. The van der Waals surface area contributed by atoms with Gasteiger partial charge in [0.2, 0.25) is 0 Å². The number of amides is 2. The van der Waals surface area contributed by atoms with Gasteiger partial charge in [0, 0.05) is 13.1 Å². The van der Waals surface area contributed by atoms with E-state index in [-0.39, 0.29) is 5.69 Å². The molecule has 2 aromatic carbocycles. The molecule has 98 valence electrons. The van der Waals surface area contributed by atoms with Gasteiger partial charge in [-0.05, 0) is 24.3 Å². The largest absolute Gasteiger partial charge is 0.457 e. The molecule has 0 unspecified atom stereocenters. The zero-order valence-corrected chi connectivity index (χ0v) is 10.3. The van der Waals surface area contributed by atoms with E-state index in [0.29, 0.717) is 11.5 Å². The summed E-state index contributed by atoms with van der Waals surface area (Å²) in [4.78, 5) is 11.1. The van der Waals surface area contributed by atoms with Gasteiger partial charge in [-0.1, -0.05) is 18.2 Å². The first-order valence-electron chi connectivity index (χ1n) is 5.70. The first kappa shape index (κ1) is 12.9.